The number of aromatic nitrogens is 1. The van der Waals surface area contributed by atoms with E-state index in [1.54, 1.807) is 12.3 Å². The van der Waals surface area contributed by atoms with Gasteiger partial charge in [-0.25, -0.2) is 0 Å². The first-order chi connectivity index (χ1) is 7.27. The summed E-state index contributed by atoms with van der Waals surface area (Å²) in [5.41, 5.74) is 1.65. The Hall–Kier alpha value is -1.38. The van der Waals surface area contributed by atoms with Crippen LogP contribution in [0.25, 0.3) is 0 Å². The quantitative estimate of drug-likeness (QED) is 0.697. The first-order valence-electron chi connectivity index (χ1n) is 5.31. The lowest BCUT2D eigenvalue weighted by molar-refractivity contribution is 0.0741. The van der Waals surface area contributed by atoms with Crippen LogP contribution >= 0.6 is 0 Å². The number of hydrogen-bond acceptors (Lipinski definition) is 2. The minimum atomic E-state index is 0.133. The molecule has 0 spiro atoms. The fourth-order valence-corrected chi connectivity index (χ4v) is 1.81. The molecule has 3 nitrogen and oxygen atoms in total. The zero-order chi connectivity index (χ0) is 10.7. The molecule has 2 heterocycles. The molecule has 1 aromatic heterocycles. The Labute approximate surface area is 90.1 Å². The van der Waals surface area contributed by atoms with Crippen molar-refractivity contribution in [2.75, 3.05) is 13.1 Å². The molecule has 0 bridgehead atoms. The van der Waals surface area contributed by atoms with Crippen LogP contribution in [0.2, 0.25) is 0 Å². The van der Waals surface area contributed by atoms with Crippen LogP contribution in [-0.4, -0.2) is 28.9 Å². The maximum absolute atomic E-state index is 12.0. The molecular weight excluding hydrogens is 188 g/mol. The highest BCUT2D eigenvalue weighted by atomic mass is 16.2. The number of piperidine rings is 1. The minimum absolute atomic E-state index is 0.133. The van der Waals surface area contributed by atoms with Crippen LogP contribution in [0.15, 0.2) is 18.3 Å². The lowest BCUT2D eigenvalue weighted by Crippen LogP contribution is -2.35. The molecule has 1 aromatic rings. The third kappa shape index (κ3) is 2.35. The molecule has 2 rings (SSSR count). The van der Waals surface area contributed by atoms with Gasteiger partial charge in [-0.2, -0.15) is 0 Å². The topological polar surface area (TPSA) is 33.2 Å². The van der Waals surface area contributed by atoms with Crippen molar-refractivity contribution in [2.45, 2.75) is 19.8 Å². The third-order valence-corrected chi connectivity index (χ3v) is 2.64. The number of likely N-dealkylation sites (tertiary alicyclic amines) is 1. The van der Waals surface area contributed by atoms with E-state index in [0.29, 0.717) is 0 Å². The number of hydrogen-bond donors (Lipinski definition) is 0. The van der Waals surface area contributed by atoms with E-state index >= 15 is 0 Å². The van der Waals surface area contributed by atoms with Gasteiger partial charge in [0.15, 0.2) is 0 Å². The van der Waals surface area contributed by atoms with Crippen LogP contribution in [-0.2, 0) is 0 Å². The summed E-state index contributed by atoms with van der Waals surface area (Å²) in [7, 11) is 0. The van der Waals surface area contributed by atoms with Crippen molar-refractivity contribution in [3.63, 3.8) is 0 Å². The fraction of sp³-hybridized carbons (Fsp3) is 0.417. The Morgan fingerprint density at radius 1 is 1.40 bits per heavy atom. The van der Waals surface area contributed by atoms with Gasteiger partial charge in [0.25, 0.3) is 5.91 Å². The van der Waals surface area contributed by atoms with Gasteiger partial charge in [0.2, 0.25) is 0 Å². The van der Waals surface area contributed by atoms with Gasteiger partial charge in [-0.3, -0.25) is 9.78 Å². The number of aryl methyl sites for hydroxylation is 1. The second-order valence-electron chi connectivity index (χ2n) is 3.84. The Bertz CT molecular complexity index is 356. The van der Waals surface area contributed by atoms with Gasteiger partial charge >= 0.3 is 0 Å². The molecule has 1 aliphatic rings. The minimum Gasteiger partial charge on any atom is -0.339 e. The molecule has 79 valence electrons. The molecule has 1 aliphatic heterocycles. The Kier molecular flexibility index (Phi) is 2.99. The van der Waals surface area contributed by atoms with Crippen molar-refractivity contribution in [1.82, 2.24) is 9.88 Å². The highest BCUT2D eigenvalue weighted by Crippen LogP contribution is 2.12. The van der Waals surface area contributed by atoms with E-state index in [4.69, 9.17) is 0 Å². The SMILES string of the molecule is Cc1cc(C(=O)N2CC[CH]CC2)ccn1. The molecular formula is C12H15N2O. The second-order valence-corrected chi connectivity index (χ2v) is 3.84. The van der Waals surface area contributed by atoms with Gasteiger partial charge in [0.05, 0.1) is 0 Å². The Balaban J connectivity index is 2.12. The number of carbonyl (C=O) groups excluding carboxylic acids is 1. The molecule has 15 heavy (non-hydrogen) atoms. The molecule has 0 atom stereocenters. The third-order valence-electron chi connectivity index (χ3n) is 2.64. The first-order valence-corrected chi connectivity index (χ1v) is 5.31. The zero-order valence-corrected chi connectivity index (χ0v) is 8.94. The van der Waals surface area contributed by atoms with E-state index in [-0.39, 0.29) is 5.91 Å². The maximum atomic E-state index is 12.0. The molecule has 0 aliphatic carbocycles. The lowest BCUT2D eigenvalue weighted by atomic mass is 10.1. The van der Waals surface area contributed by atoms with Crippen molar-refractivity contribution in [2.24, 2.45) is 0 Å². The van der Waals surface area contributed by atoms with Crippen LogP contribution in [0, 0.1) is 13.3 Å². The van der Waals surface area contributed by atoms with Gasteiger partial charge in [0, 0.05) is 30.5 Å². The molecule has 1 radical (unpaired) electrons. The highest BCUT2D eigenvalue weighted by molar-refractivity contribution is 5.94. The number of amides is 1. The van der Waals surface area contributed by atoms with Crippen molar-refractivity contribution in [3.8, 4) is 0 Å². The van der Waals surface area contributed by atoms with Crippen LogP contribution in [0.4, 0.5) is 0 Å². The molecule has 1 fully saturated rings. The largest absolute Gasteiger partial charge is 0.339 e. The van der Waals surface area contributed by atoms with Crippen LogP contribution < -0.4 is 0 Å². The van der Waals surface area contributed by atoms with Crippen molar-refractivity contribution < 1.29 is 4.79 Å². The maximum Gasteiger partial charge on any atom is 0.253 e. The summed E-state index contributed by atoms with van der Waals surface area (Å²) >= 11 is 0. The second kappa shape index (κ2) is 4.43. The van der Waals surface area contributed by atoms with Crippen molar-refractivity contribution >= 4 is 5.91 Å². The van der Waals surface area contributed by atoms with Crippen LogP contribution in [0.3, 0.4) is 0 Å². The van der Waals surface area contributed by atoms with E-state index in [1.165, 1.54) is 0 Å². The smallest absolute Gasteiger partial charge is 0.253 e. The predicted molar refractivity (Wildman–Crippen MR) is 58.4 cm³/mol. The standard InChI is InChI=1S/C12H15N2O/c1-10-9-11(5-6-13-10)12(15)14-7-3-2-4-8-14/h2,5-6,9H,3-4,7-8H2,1H3. The van der Waals surface area contributed by atoms with E-state index < -0.39 is 0 Å². The average Bonchev–Trinajstić information content (AvgIpc) is 2.29. The monoisotopic (exact) mass is 203 g/mol. The summed E-state index contributed by atoms with van der Waals surface area (Å²) in [6.07, 6.45) is 5.95. The molecule has 0 N–H and O–H groups in total. The van der Waals surface area contributed by atoms with E-state index in [9.17, 15) is 4.79 Å². The highest BCUT2D eigenvalue weighted by Gasteiger charge is 2.17. The van der Waals surface area contributed by atoms with Crippen molar-refractivity contribution in [3.05, 3.63) is 36.0 Å². The van der Waals surface area contributed by atoms with Gasteiger partial charge in [-0.15, -0.1) is 0 Å². The number of nitrogens with zero attached hydrogens (tertiary/aromatic N) is 2. The molecule has 1 amide bonds. The summed E-state index contributed by atoms with van der Waals surface area (Å²) < 4.78 is 0. The van der Waals surface area contributed by atoms with Gasteiger partial charge < -0.3 is 4.90 Å². The normalized spacial score (nSPS) is 16.5. The molecule has 0 saturated carbocycles. The summed E-state index contributed by atoms with van der Waals surface area (Å²) in [5, 5.41) is 0. The molecule has 3 heteroatoms. The van der Waals surface area contributed by atoms with Crippen LogP contribution in [0.5, 0.6) is 0 Å². The molecule has 1 saturated heterocycles. The Morgan fingerprint density at radius 3 is 2.80 bits per heavy atom. The van der Waals surface area contributed by atoms with Gasteiger partial charge in [-0.1, -0.05) is 0 Å². The number of carbonyl (C=O) groups is 1. The summed E-state index contributed by atoms with van der Waals surface area (Å²) in [5.74, 6) is 0.133. The van der Waals surface area contributed by atoms with E-state index in [1.807, 2.05) is 17.9 Å². The van der Waals surface area contributed by atoms with E-state index in [0.717, 1.165) is 37.2 Å². The number of rotatable bonds is 1. The summed E-state index contributed by atoms with van der Waals surface area (Å²) in [6.45, 7) is 3.60. The average molecular weight is 203 g/mol. The van der Waals surface area contributed by atoms with Crippen molar-refractivity contribution in [1.29, 1.82) is 0 Å². The Morgan fingerprint density at radius 2 is 2.13 bits per heavy atom. The number of pyridine rings is 1. The molecule has 0 unspecified atom stereocenters. The summed E-state index contributed by atoms with van der Waals surface area (Å²) in [4.78, 5) is 18.0. The van der Waals surface area contributed by atoms with E-state index in [2.05, 4.69) is 11.4 Å². The predicted octanol–water partition coefficient (Wildman–Crippen LogP) is 1.83. The van der Waals surface area contributed by atoms with Gasteiger partial charge in [-0.05, 0) is 38.3 Å². The fourth-order valence-electron chi connectivity index (χ4n) is 1.81. The van der Waals surface area contributed by atoms with Crippen LogP contribution in [0.1, 0.15) is 28.9 Å². The van der Waals surface area contributed by atoms with Gasteiger partial charge in [0.1, 0.15) is 0 Å². The first kappa shape index (κ1) is 10.1. The lowest BCUT2D eigenvalue weighted by Gasteiger charge is -2.26. The molecule has 0 aromatic carbocycles. The summed E-state index contributed by atoms with van der Waals surface area (Å²) in [6, 6.07) is 3.63. The zero-order valence-electron chi connectivity index (χ0n) is 8.94.